The lowest BCUT2D eigenvalue weighted by molar-refractivity contribution is 0.627. The Morgan fingerprint density at radius 2 is 1.81 bits per heavy atom. The molecule has 1 N–H and O–H groups in total. The molecule has 3 rings (SSSR count). The highest BCUT2D eigenvalue weighted by atomic mass is 79.9. The Kier molecular flexibility index (Phi) is 3.92. The van der Waals surface area contributed by atoms with E-state index < -0.39 is 0 Å². The number of aromatic nitrogens is 2. The van der Waals surface area contributed by atoms with Crippen molar-refractivity contribution < 1.29 is 4.39 Å². The van der Waals surface area contributed by atoms with E-state index >= 15 is 0 Å². The first-order chi connectivity index (χ1) is 10.2. The molecule has 0 saturated heterocycles. The van der Waals surface area contributed by atoms with E-state index in [2.05, 4.69) is 31.2 Å². The minimum atomic E-state index is -0.290. The summed E-state index contributed by atoms with van der Waals surface area (Å²) in [6, 6.07) is 16.0. The lowest BCUT2D eigenvalue weighted by atomic mass is 10.1. The van der Waals surface area contributed by atoms with Crippen LogP contribution >= 0.6 is 15.9 Å². The van der Waals surface area contributed by atoms with Crippen LogP contribution in [0.1, 0.15) is 0 Å². The van der Waals surface area contributed by atoms with E-state index in [0.717, 1.165) is 16.9 Å². The molecule has 0 aliphatic heterocycles. The Morgan fingerprint density at radius 3 is 2.57 bits per heavy atom. The molecule has 0 radical (unpaired) electrons. The molecule has 0 amide bonds. The molecule has 0 aliphatic rings. The fraction of sp³-hybridized carbons (Fsp3) is 0. The Hall–Kier alpha value is -2.27. The van der Waals surface area contributed by atoms with Crippen molar-refractivity contribution >= 4 is 27.6 Å². The molecule has 0 fully saturated rings. The third-order valence-corrected chi connectivity index (χ3v) is 3.55. The number of halogens is 2. The lowest BCUT2D eigenvalue weighted by Gasteiger charge is -2.07. The van der Waals surface area contributed by atoms with Crippen LogP contribution in [0.25, 0.3) is 11.3 Å². The molecule has 3 aromatic rings. The van der Waals surface area contributed by atoms with E-state index in [0.29, 0.717) is 10.4 Å². The van der Waals surface area contributed by atoms with E-state index in [-0.39, 0.29) is 5.82 Å². The maximum atomic E-state index is 13.2. The van der Waals surface area contributed by atoms with Crippen molar-refractivity contribution in [2.45, 2.75) is 0 Å². The Morgan fingerprint density at radius 1 is 1.00 bits per heavy atom. The number of hydrogen-bond acceptors (Lipinski definition) is 3. The van der Waals surface area contributed by atoms with E-state index in [1.807, 2.05) is 30.3 Å². The number of anilines is 2. The molecule has 1 heterocycles. The van der Waals surface area contributed by atoms with Crippen LogP contribution in [0.3, 0.4) is 0 Å². The van der Waals surface area contributed by atoms with Crippen molar-refractivity contribution in [1.82, 2.24) is 9.97 Å². The number of nitrogens with one attached hydrogen (secondary N) is 1. The minimum Gasteiger partial charge on any atom is -0.324 e. The standard InChI is InChI=1S/C16H11BrFN3/c17-14-10-11(18)6-7-13(14)15-8-9-19-16(21-15)20-12-4-2-1-3-5-12/h1-10H,(H,19,20,21). The van der Waals surface area contributed by atoms with Crippen LogP contribution in [0.2, 0.25) is 0 Å². The molecule has 21 heavy (non-hydrogen) atoms. The van der Waals surface area contributed by atoms with Crippen molar-refractivity contribution in [2.24, 2.45) is 0 Å². The van der Waals surface area contributed by atoms with Gasteiger partial charge in [0.05, 0.1) is 5.69 Å². The van der Waals surface area contributed by atoms with Crippen LogP contribution in [-0.4, -0.2) is 9.97 Å². The molecule has 0 saturated carbocycles. The molecule has 3 nitrogen and oxygen atoms in total. The molecular formula is C16H11BrFN3. The summed E-state index contributed by atoms with van der Waals surface area (Å²) in [4.78, 5) is 8.65. The second kappa shape index (κ2) is 6.01. The predicted molar refractivity (Wildman–Crippen MR) is 84.9 cm³/mol. The first-order valence-corrected chi connectivity index (χ1v) is 7.12. The third-order valence-electron chi connectivity index (χ3n) is 2.89. The van der Waals surface area contributed by atoms with Crippen molar-refractivity contribution in [3.8, 4) is 11.3 Å². The fourth-order valence-corrected chi connectivity index (χ4v) is 2.47. The van der Waals surface area contributed by atoms with Crippen LogP contribution < -0.4 is 5.32 Å². The Labute approximate surface area is 130 Å². The average Bonchev–Trinajstić information content (AvgIpc) is 2.48. The third kappa shape index (κ3) is 3.25. The van der Waals surface area contributed by atoms with Crippen molar-refractivity contribution in [3.63, 3.8) is 0 Å². The topological polar surface area (TPSA) is 37.8 Å². The van der Waals surface area contributed by atoms with Gasteiger partial charge in [-0.3, -0.25) is 0 Å². The highest BCUT2D eigenvalue weighted by molar-refractivity contribution is 9.10. The number of hydrogen-bond donors (Lipinski definition) is 1. The van der Waals surface area contributed by atoms with E-state index in [1.165, 1.54) is 12.1 Å². The van der Waals surface area contributed by atoms with Gasteiger partial charge in [-0.25, -0.2) is 14.4 Å². The van der Waals surface area contributed by atoms with Gasteiger partial charge in [-0.2, -0.15) is 0 Å². The number of nitrogens with zero attached hydrogens (tertiary/aromatic N) is 2. The Bertz CT molecular complexity index is 762. The van der Waals surface area contributed by atoms with Crippen molar-refractivity contribution in [2.75, 3.05) is 5.32 Å². The number of benzene rings is 2. The fourth-order valence-electron chi connectivity index (χ4n) is 1.92. The van der Waals surface area contributed by atoms with Gasteiger partial charge in [0.2, 0.25) is 5.95 Å². The number of rotatable bonds is 3. The summed E-state index contributed by atoms with van der Waals surface area (Å²) >= 11 is 3.35. The molecule has 5 heteroatoms. The minimum absolute atomic E-state index is 0.290. The summed E-state index contributed by atoms with van der Waals surface area (Å²) in [5.74, 6) is 0.206. The normalized spacial score (nSPS) is 10.4. The monoisotopic (exact) mass is 343 g/mol. The Balaban J connectivity index is 1.93. The largest absolute Gasteiger partial charge is 0.324 e. The van der Waals surface area contributed by atoms with Gasteiger partial charge < -0.3 is 5.32 Å². The summed E-state index contributed by atoms with van der Waals surface area (Å²) < 4.78 is 13.8. The van der Waals surface area contributed by atoms with Crippen molar-refractivity contribution in [3.05, 3.63) is 71.1 Å². The predicted octanol–water partition coefficient (Wildman–Crippen LogP) is 4.79. The van der Waals surface area contributed by atoms with Gasteiger partial charge in [0.15, 0.2) is 0 Å². The van der Waals surface area contributed by atoms with E-state index in [9.17, 15) is 4.39 Å². The summed E-state index contributed by atoms with van der Waals surface area (Å²) in [6.45, 7) is 0. The molecule has 0 bridgehead atoms. The maximum absolute atomic E-state index is 13.2. The first kappa shape index (κ1) is 13.7. The van der Waals surface area contributed by atoms with Crippen LogP contribution in [0.5, 0.6) is 0 Å². The highest BCUT2D eigenvalue weighted by Crippen LogP contribution is 2.28. The molecule has 2 aromatic carbocycles. The van der Waals surface area contributed by atoms with Gasteiger partial charge >= 0.3 is 0 Å². The molecule has 104 valence electrons. The molecule has 0 spiro atoms. The highest BCUT2D eigenvalue weighted by Gasteiger charge is 2.07. The van der Waals surface area contributed by atoms with Crippen LogP contribution in [0.4, 0.5) is 16.0 Å². The smallest absolute Gasteiger partial charge is 0.227 e. The second-order valence-electron chi connectivity index (χ2n) is 4.38. The summed E-state index contributed by atoms with van der Waals surface area (Å²) in [7, 11) is 0. The molecule has 0 unspecified atom stereocenters. The number of para-hydroxylation sites is 1. The maximum Gasteiger partial charge on any atom is 0.227 e. The van der Waals surface area contributed by atoms with E-state index in [4.69, 9.17) is 0 Å². The molecular weight excluding hydrogens is 333 g/mol. The van der Waals surface area contributed by atoms with Crippen LogP contribution in [0.15, 0.2) is 65.3 Å². The summed E-state index contributed by atoms with van der Waals surface area (Å²) in [5, 5.41) is 3.13. The van der Waals surface area contributed by atoms with Crippen LogP contribution in [0, 0.1) is 5.82 Å². The van der Waals surface area contributed by atoms with Gasteiger partial charge in [0.1, 0.15) is 5.82 Å². The molecule has 0 atom stereocenters. The van der Waals surface area contributed by atoms with Gasteiger partial charge in [0, 0.05) is 21.9 Å². The zero-order valence-electron chi connectivity index (χ0n) is 10.9. The average molecular weight is 344 g/mol. The first-order valence-electron chi connectivity index (χ1n) is 6.33. The second-order valence-corrected chi connectivity index (χ2v) is 5.24. The van der Waals surface area contributed by atoms with Gasteiger partial charge in [-0.05, 0) is 52.3 Å². The zero-order chi connectivity index (χ0) is 14.7. The van der Waals surface area contributed by atoms with Crippen LogP contribution in [-0.2, 0) is 0 Å². The van der Waals surface area contributed by atoms with Gasteiger partial charge in [-0.15, -0.1) is 0 Å². The molecule has 0 aliphatic carbocycles. The summed E-state index contributed by atoms with van der Waals surface area (Å²) in [6.07, 6.45) is 1.67. The SMILES string of the molecule is Fc1ccc(-c2ccnc(Nc3ccccc3)n2)c(Br)c1. The molecule has 1 aromatic heterocycles. The quantitative estimate of drug-likeness (QED) is 0.742. The van der Waals surface area contributed by atoms with Crippen molar-refractivity contribution in [1.29, 1.82) is 0 Å². The zero-order valence-corrected chi connectivity index (χ0v) is 12.5. The van der Waals surface area contributed by atoms with Gasteiger partial charge in [0.25, 0.3) is 0 Å². The summed E-state index contributed by atoms with van der Waals surface area (Å²) in [5.41, 5.74) is 2.44. The lowest BCUT2D eigenvalue weighted by Crippen LogP contribution is -1.97. The van der Waals surface area contributed by atoms with E-state index in [1.54, 1.807) is 18.3 Å². The van der Waals surface area contributed by atoms with Gasteiger partial charge in [-0.1, -0.05) is 18.2 Å².